The smallest absolute Gasteiger partial charge is 0.190 e. The second-order valence-electron chi connectivity index (χ2n) is 7.27. The quantitative estimate of drug-likeness (QED) is 0.246. The van der Waals surface area contributed by atoms with Crippen LogP contribution in [0.3, 0.4) is 0 Å². The van der Waals surface area contributed by atoms with Crippen LogP contribution >= 0.6 is 24.0 Å². The minimum Gasteiger partial charge on any atom is -0.497 e. The Morgan fingerprint density at radius 2 is 1.97 bits per heavy atom. The Morgan fingerprint density at radius 3 is 2.72 bits per heavy atom. The summed E-state index contributed by atoms with van der Waals surface area (Å²) in [6, 6.07) is 18.9. The standard InChI is InChI=1S/C23H32N4O.HI/c1-24-23(25-14-7-10-19-8-4-3-5-9-19)26-17-20-13-15-27(18-20)21-11-6-12-22(16-21)28-2;/h3-6,8-9,11-12,16,20H,7,10,13-15,17-18H2,1-2H3,(H2,24,25,26);1H. The number of benzene rings is 2. The van der Waals surface area contributed by atoms with E-state index in [0.29, 0.717) is 5.92 Å². The molecule has 2 N–H and O–H groups in total. The molecule has 0 aromatic heterocycles. The molecule has 29 heavy (non-hydrogen) atoms. The molecule has 0 bridgehead atoms. The summed E-state index contributed by atoms with van der Waals surface area (Å²) >= 11 is 0. The van der Waals surface area contributed by atoms with Gasteiger partial charge in [-0.3, -0.25) is 4.99 Å². The van der Waals surface area contributed by atoms with Gasteiger partial charge in [-0.15, -0.1) is 24.0 Å². The zero-order chi connectivity index (χ0) is 19.6. The molecule has 3 rings (SSSR count). The van der Waals surface area contributed by atoms with Crippen LogP contribution in [0.5, 0.6) is 5.75 Å². The highest BCUT2D eigenvalue weighted by Crippen LogP contribution is 2.26. The first kappa shape index (κ1) is 23.3. The highest BCUT2D eigenvalue weighted by Gasteiger charge is 2.23. The third-order valence-corrected chi connectivity index (χ3v) is 5.26. The van der Waals surface area contributed by atoms with Crippen LogP contribution in [0.2, 0.25) is 0 Å². The fourth-order valence-electron chi connectivity index (χ4n) is 3.65. The minimum atomic E-state index is 0. The minimum absolute atomic E-state index is 0. The predicted molar refractivity (Wildman–Crippen MR) is 133 cm³/mol. The lowest BCUT2D eigenvalue weighted by Crippen LogP contribution is -2.40. The van der Waals surface area contributed by atoms with Crippen LogP contribution in [-0.2, 0) is 6.42 Å². The Balaban J connectivity index is 0.00000300. The van der Waals surface area contributed by atoms with Crippen LogP contribution in [0.1, 0.15) is 18.4 Å². The maximum atomic E-state index is 5.35. The van der Waals surface area contributed by atoms with Crippen molar-refractivity contribution in [2.45, 2.75) is 19.3 Å². The van der Waals surface area contributed by atoms with Crippen LogP contribution in [-0.4, -0.2) is 46.3 Å². The molecule has 1 unspecified atom stereocenters. The van der Waals surface area contributed by atoms with Gasteiger partial charge in [0.2, 0.25) is 0 Å². The first-order valence-corrected chi connectivity index (χ1v) is 10.2. The van der Waals surface area contributed by atoms with Gasteiger partial charge < -0.3 is 20.3 Å². The highest BCUT2D eigenvalue weighted by molar-refractivity contribution is 14.0. The van der Waals surface area contributed by atoms with E-state index < -0.39 is 0 Å². The van der Waals surface area contributed by atoms with Gasteiger partial charge in [-0.05, 0) is 42.9 Å². The number of hydrogen-bond acceptors (Lipinski definition) is 3. The van der Waals surface area contributed by atoms with Crippen molar-refractivity contribution in [3.05, 3.63) is 60.2 Å². The number of aliphatic imine (C=N–C) groups is 1. The van der Waals surface area contributed by atoms with Crippen molar-refractivity contribution >= 4 is 35.6 Å². The summed E-state index contributed by atoms with van der Waals surface area (Å²) < 4.78 is 5.35. The molecule has 0 radical (unpaired) electrons. The maximum absolute atomic E-state index is 5.35. The molecule has 1 aliphatic rings. The van der Waals surface area contributed by atoms with E-state index in [2.05, 4.69) is 69.1 Å². The van der Waals surface area contributed by atoms with Crippen molar-refractivity contribution in [1.29, 1.82) is 0 Å². The number of halogens is 1. The summed E-state index contributed by atoms with van der Waals surface area (Å²) in [6.07, 6.45) is 3.37. The largest absolute Gasteiger partial charge is 0.497 e. The van der Waals surface area contributed by atoms with Crippen LogP contribution in [0.25, 0.3) is 0 Å². The third-order valence-electron chi connectivity index (χ3n) is 5.26. The molecular weight excluding hydrogens is 475 g/mol. The number of guanidine groups is 1. The lowest BCUT2D eigenvalue weighted by molar-refractivity contribution is 0.415. The van der Waals surface area contributed by atoms with Gasteiger partial charge in [0, 0.05) is 45.0 Å². The molecule has 0 amide bonds. The van der Waals surface area contributed by atoms with Crippen LogP contribution in [0.15, 0.2) is 59.6 Å². The summed E-state index contributed by atoms with van der Waals surface area (Å²) in [5.74, 6) is 2.43. The summed E-state index contributed by atoms with van der Waals surface area (Å²) in [5, 5.41) is 6.92. The molecule has 5 nitrogen and oxygen atoms in total. The zero-order valence-electron chi connectivity index (χ0n) is 17.4. The topological polar surface area (TPSA) is 48.9 Å². The number of nitrogens with one attached hydrogen (secondary N) is 2. The molecule has 1 fully saturated rings. The molecule has 1 saturated heterocycles. The SMILES string of the molecule is CN=C(NCCCc1ccccc1)NCC1CCN(c2cccc(OC)c2)C1.I. The molecule has 1 aliphatic heterocycles. The summed E-state index contributed by atoms with van der Waals surface area (Å²) in [5.41, 5.74) is 2.63. The Morgan fingerprint density at radius 1 is 1.14 bits per heavy atom. The number of anilines is 1. The predicted octanol–water partition coefficient (Wildman–Crippen LogP) is 3.94. The lowest BCUT2D eigenvalue weighted by Gasteiger charge is -2.20. The van der Waals surface area contributed by atoms with Crippen molar-refractivity contribution in [3.63, 3.8) is 0 Å². The second kappa shape index (κ2) is 12.6. The molecule has 0 aliphatic carbocycles. The monoisotopic (exact) mass is 508 g/mol. The molecule has 2 aromatic carbocycles. The molecule has 158 valence electrons. The molecule has 6 heteroatoms. The fourth-order valence-corrected chi connectivity index (χ4v) is 3.65. The molecule has 0 spiro atoms. The van der Waals surface area contributed by atoms with E-state index >= 15 is 0 Å². The lowest BCUT2D eigenvalue weighted by atomic mass is 10.1. The average Bonchev–Trinajstić information content (AvgIpc) is 3.23. The van der Waals surface area contributed by atoms with Crippen molar-refractivity contribution in [3.8, 4) is 5.75 Å². The summed E-state index contributed by atoms with van der Waals surface area (Å²) in [6.45, 7) is 4.02. The molecule has 1 atom stereocenters. The Bertz CT molecular complexity index is 754. The first-order valence-electron chi connectivity index (χ1n) is 10.2. The van der Waals surface area contributed by atoms with Crippen LogP contribution < -0.4 is 20.3 Å². The Labute approximate surface area is 192 Å². The summed E-state index contributed by atoms with van der Waals surface area (Å²) in [4.78, 5) is 6.79. The van der Waals surface area contributed by atoms with Crippen LogP contribution in [0.4, 0.5) is 5.69 Å². The normalized spacial score (nSPS) is 16.3. The van der Waals surface area contributed by atoms with Gasteiger partial charge in [0.05, 0.1) is 7.11 Å². The van der Waals surface area contributed by atoms with Gasteiger partial charge in [-0.2, -0.15) is 0 Å². The van der Waals surface area contributed by atoms with Gasteiger partial charge in [-0.1, -0.05) is 36.4 Å². The number of nitrogens with zero attached hydrogens (tertiary/aromatic N) is 2. The van der Waals surface area contributed by atoms with Crippen molar-refractivity contribution < 1.29 is 4.74 Å². The highest BCUT2D eigenvalue weighted by atomic mass is 127. The number of hydrogen-bond donors (Lipinski definition) is 2. The van der Waals surface area contributed by atoms with Gasteiger partial charge in [0.25, 0.3) is 0 Å². The summed E-state index contributed by atoms with van der Waals surface area (Å²) in [7, 11) is 3.55. The van der Waals surface area contributed by atoms with Crippen molar-refractivity contribution in [1.82, 2.24) is 10.6 Å². The van der Waals surface area contributed by atoms with E-state index in [1.165, 1.54) is 17.7 Å². The molecule has 2 aromatic rings. The number of aryl methyl sites for hydroxylation is 1. The Kier molecular flexibility index (Phi) is 10.1. The van der Waals surface area contributed by atoms with E-state index in [1.54, 1.807) is 7.11 Å². The van der Waals surface area contributed by atoms with Gasteiger partial charge in [0.15, 0.2) is 5.96 Å². The van der Waals surface area contributed by atoms with E-state index in [4.69, 9.17) is 4.74 Å². The van der Waals surface area contributed by atoms with Crippen LogP contribution in [0, 0.1) is 5.92 Å². The first-order chi connectivity index (χ1) is 13.8. The molecular formula is C23H33IN4O. The number of rotatable bonds is 8. The van der Waals surface area contributed by atoms with E-state index in [1.807, 2.05) is 13.1 Å². The van der Waals surface area contributed by atoms with E-state index in [9.17, 15) is 0 Å². The second-order valence-corrected chi connectivity index (χ2v) is 7.27. The zero-order valence-corrected chi connectivity index (χ0v) is 19.8. The van der Waals surface area contributed by atoms with E-state index in [0.717, 1.165) is 50.7 Å². The fraction of sp³-hybridized carbons (Fsp3) is 0.435. The van der Waals surface area contributed by atoms with Crippen molar-refractivity contribution in [2.24, 2.45) is 10.9 Å². The average molecular weight is 508 g/mol. The Hall–Kier alpha value is -1.96. The third kappa shape index (κ3) is 7.42. The molecule has 0 saturated carbocycles. The van der Waals surface area contributed by atoms with Gasteiger partial charge >= 0.3 is 0 Å². The van der Waals surface area contributed by atoms with Crippen molar-refractivity contribution in [2.75, 3.05) is 45.2 Å². The van der Waals surface area contributed by atoms with E-state index in [-0.39, 0.29) is 24.0 Å². The van der Waals surface area contributed by atoms with Gasteiger partial charge in [-0.25, -0.2) is 0 Å². The maximum Gasteiger partial charge on any atom is 0.190 e. The molecule has 1 heterocycles. The number of ether oxygens (including phenoxy) is 1. The number of methoxy groups -OCH3 is 1. The van der Waals surface area contributed by atoms with Gasteiger partial charge in [0.1, 0.15) is 5.75 Å².